The van der Waals surface area contributed by atoms with Crippen LogP contribution in [0.4, 0.5) is 4.39 Å². The van der Waals surface area contributed by atoms with E-state index in [4.69, 9.17) is 0 Å². The van der Waals surface area contributed by atoms with E-state index in [0.29, 0.717) is 12.2 Å². The van der Waals surface area contributed by atoms with Crippen molar-refractivity contribution in [1.29, 1.82) is 0 Å². The predicted octanol–water partition coefficient (Wildman–Crippen LogP) is 2.76. The predicted molar refractivity (Wildman–Crippen MR) is 87.2 cm³/mol. The highest BCUT2D eigenvalue weighted by molar-refractivity contribution is 5.91. The van der Waals surface area contributed by atoms with Gasteiger partial charge in [-0.05, 0) is 44.0 Å². The van der Waals surface area contributed by atoms with Crippen molar-refractivity contribution in [2.45, 2.75) is 33.2 Å². The summed E-state index contributed by atoms with van der Waals surface area (Å²) in [5.74, 6) is -0.225. The van der Waals surface area contributed by atoms with Crippen LogP contribution in [0.25, 0.3) is 5.78 Å². The quantitative estimate of drug-likeness (QED) is 0.800. The fourth-order valence-electron chi connectivity index (χ4n) is 2.60. The van der Waals surface area contributed by atoms with Crippen molar-refractivity contribution in [3.8, 4) is 0 Å². The smallest absolute Gasteiger partial charge is 0.291 e. The highest BCUT2D eigenvalue weighted by Gasteiger charge is 2.19. The highest BCUT2D eigenvalue weighted by Crippen LogP contribution is 2.17. The molecule has 1 aromatic carbocycles. The Morgan fingerprint density at radius 2 is 1.96 bits per heavy atom. The van der Waals surface area contributed by atoms with E-state index in [-0.39, 0.29) is 23.6 Å². The second kappa shape index (κ2) is 6.35. The number of amides is 1. The number of halogens is 1. The third-order valence-electron chi connectivity index (χ3n) is 3.81. The van der Waals surface area contributed by atoms with Crippen LogP contribution in [0.2, 0.25) is 0 Å². The van der Waals surface area contributed by atoms with Gasteiger partial charge in [-0.15, -0.1) is 5.10 Å². The Morgan fingerprint density at radius 1 is 1.25 bits per heavy atom. The van der Waals surface area contributed by atoms with Crippen LogP contribution < -0.4 is 5.32 Å². The van der Waals surface area contributed by atoms with Crippen LogP contribution in [0.1, 0.15) is 47.0 Å². The Balaban J connectivity index is 1.85. The first-order valence-electron chi connectivity index (χ1n) is 7.75. The molecule has 0 radical (unpaired) electrons. The number of aromatic nitrogens is 4. The summed E-state index contributed by atoms with van der Waals surface area (Å²) < 4.78 is 14.6. The Bertz CT molecular complexity index is 888. The topological polar surface area (TPSA) is 72.2 Å². The van der Waals surface area contributed by atoms with E-state index in [1.54, 1.807) is 16.6 Å². The molecule has 3 rings (SSSR count). The minimum Gasteiger partial charge on any atom is -0.342 e. The Hall–Kier alpha value is -2.83. The molecule has 3 aromatic rings. The zero-order chi connectivity index (χ0) is 17.3. The number of nitrogens with one attached hydrogen (secondary N) is 1. The summed E-state index contributed by atoms with van der Waals surface area (Å²) in [5.41, 5.74) is 2.51. The van der Waals surface area contributed by atoms with Gasteiger partial charge >= 0.3 is 0 Å². The van der Waals surface area contributed by atoms with Crippen LogP contribution in [0.15, 0.2) is 30.3 Å². The van der Waals surface area contributed by atoms with Gasteiger partial charge in [-0.3, -0.25) is 4.79 Å². The molecule has 0 saturated heterocycles. The van der Waals surface area contributed by atoms with Gasteiger partial charge in [0.15, 0.2) is 0 Å². The molecule has 6 nitrogen and oxygen atoms in total. The molecule has 0 aliphatic heterocycles. The molecular formula is C17H18FN5O. The number of carbonyl (C=O) groups is 1. The molecule has 0 fully saturated rings. The van der Waals surface area contributed by atoms with E-state index < -0.39 is 0 Å². The molecule has 2 aromatic heterocycles. The Morgan fingerprint density at radius 3 is 2.62 bits per heavy atom. The number of carbonyl (C=O) groups excluding carboxylic acids is 1. The molecule has 0 bridgehead atoms. The molecule has 2 heterocycles. The van der Waals surface area contributed by atoms with Gasteiger partial charge in [0.1, 0.15) is 5.82 Å². The summed E-state index contributed by atoms with van der Waals surface area (Å²) in [4.78, 5) is 20.9. The maximum Gasteiger partial charge on any atom is 0.291 e. The summed E-state index contributed by atoms with van der Waals surface area (Å²) in [6, 6.07) is 7.72. The molecule has 1 atom stereocenters. The number of aryl methyl sites for hydroxylation is 2. The maximum absolute atomic E-state index is 13.1. The molecule has 0 aliphatic carbocycles. The van der Waals surface area contributed by atoms with Crippen LogP contribution in [-0.4, -0.2) is 25.5 Å². The highest BCUT2D eigenvalue weighted by atomic mass is 19.1. The average Bonchev–Trinajstić information content (AvgIpc) is 2.98. The third kappa shape index (κ3) is 3.10. The normalized spacial score (nSPS) is 12.3. The molecule has 1 amide bonds. The molecule has 0 aliphatic rings. The van der Waals surface area contributed by atoms with Gasteiger partial charge in [-0.25, -0.2) is 13.9 Å². The number of hydrogen-bond acceptors (Lipinski definition) is 4. The van der Waals surface area contributed by atoms with Gasteiger partial charge in [-0.2, -0.15) is 4.98 Å². The fraction of sp³-hybridized carbons (Fsp3) is 0.294. The molecule has 1 N–H and O–H groups in total. The van der Waals surface area contributed by atoms with Crippen LogP contribution in [-0.2, 0) is 0 Å². The van der Waals surface area contributed by atoms with E-state index in [1.807, 2.05) is 26.8 Å². The van der Waals surface area contributed by atoms with Crippen molar-refractivity contribution in [1.82, 2.24) is 24.9 Å². The second-order valence-electron chi connectivity index (χ2n) is 5.67. The van der Waals surface area contributed by atoms with E-state index in [0.717, 1.165) is 17.0 Å². The van der Waals surface area contributed by atoms with Gasteiger partial charge in [0.05, 0.1) is 6.04 Å². The minimum atomic E-state index is -0.381. The van der Waals surface area contributed by atoms with Gasteiger partial charge in [0.25, 0.3) is 11.7 Å². The van der Waals surface area contributed by atoms with Crippen molar-refractivity contribution < 1.29 is 9.18 Å². The first-order chi connectivity index (χ1) is 11.5. The van der Waals surface area contributed by atoms with Crippen LogP contribution in [0.5, 0.6) is 0 Å². The van der Waals surface area contributed by atoms with Gasteiger partial charge in [0, 0.05) is 11.4 Å². The third-order valence-corrected chi connectivity index (χ3v) is 3.81. The minimum absolute atomic E-state index is 0.0664. The largest absolute Gasteiger partial charge is 0.342 e. The molecular weight excluding hydrogens is 309 g/mol. The lowest BCUT2D eigenvalue weighted by Crippen LogP contribution is -2.29. The Kier molecular flexibility index (Phi) is 4.24. The fourth-order valence-corrected chi connectivity index (χ4v) is 2.60. The lowest BCUT2D eigenvalue weighted by atomic mass is 10.0. The number of nitrogens with zero attached hydrogens (tertiary/aromatic N) is 4. The van der Waals surface area contributed by atoms with E-state index >= 15 is 0 Å². The summed E-state index contributed by atoms with van der Waals surface area (Å²) in [5, 5.41) is 7.11. The second-order valence-corrected chi connectivity index (χ2v) is 5.67. The van der Waals surface area contributed by atoms with Crippen LogP contribution in [0.3, 0.4) is 0 Å². The monoisotopic (exact) mass is 327 g/mol. The summed E-state index contributed by atoms with van der Waals surface area (Å²) in [6.45, 7) is 5.69. The lowest BCUT2D eigenvalue weighted by Gasteiger charge is -2.16. The van der Waals surface area contributed by atoms with Gasteiger partial charge < -0.3 is 5.32 Å². The summed E-state index contributed by atoms with van der Waals surface area (Å²) in [7, 11) is 0. The molecule has 24 heavy (non-hydrogen) atoms. The van der Waals surface area contributed by atoms with E-state index in [9.17, 15) is 9.18 Å². The first kappa shape index (κ1) is 16.0. The molecule has 7 heteroatoms. The molecule has 124 valence electrons. The molecule has 0 spiro atoms. The van der Waals surface area contributed by atoms with E-state index in [2.05, 4.69) is 20.4 Å². The maximum atomic E-state index is 13.1. The Labute approximate surface area is 138 Å². The zero-order valence-electron chi connectivity index (χ0n) is 13.7. The van der Waals surface area contributed by atoms with E-state index in [1.165, 1.54) is 12.1 Å². The van der Waals surface area contributed by atoms with Crippen LogP contribution in [0, 0.1) is 19.7 Å². The zero-order valence-corrected chi connectivity index (χ0v) is 13.7. The summed E-state index contributed by atoms with van der Waals surface area (Å²) in [6.07, 6.45) is 0.668. The average molecular weight is 327 g/mol. The van der Waals surface area contributed by atoms with Gasteiger partial charge in [-0.1, -0.05) is 19.1 Å². The van der Waals surface area contributed by atoms with Crippen molar-refractivity contribution >= 4 is 11.7 Å². The number of benzene rings is 1. The van der Waals surface area contributed by atoms with Gasteiger partial charge in [0.2, 0.25) is 5.82 Å². The van der Waals surface area contributed by atoms with Crippen LogP contribution >= 0.6 is 0 Å². The van der Waals surface area contributed by atoms with Crippen molar-refractivity contribution in [2.24, 2.45) is 0 Å². The number of hydrogen-bond donors (Lipinski definition) is 1. The molecule has 0 unspecified atom stereocenters. The number of fused-ring (bicyclic) bond motifs is 1. The first-order valence-corrected chi connectivity index (χ1v) is 7.75. The lowest BCUT2D eigenvalue weighted by molar-refractivity contribution is 0.0925. The van der Waals surface area contributed by atoms with Crippen molar-refractivity contribution in [2.75, 3.05) is 0 Å². The SMILES string of the molecule is CC[C@H](NC(=O)c1nc2nc(C)cc(C)n2n1)c1ccc(F)cc1. The molecule has 0 saturated carbocycles. The summed E-state index contributed by atoms with van der Waals surface area (Å²) >= 11 is 0. The van der Waals surface area contributed by atoms with Crippen molar-refractivity contribution in [3.05, 3.63) is 58.9 Å². The number of rotatable bonds is 4. The standard InChI is InChI=1S/C17H18FN5O/c1-4-14(12-5-7-13(18)8-6-12)20-16(24)15-21-17-19-10(2)9-11(3)23(17)22-15/h5-9,14H,4H2,1-3H3,(H,20,24)/t14-/m0/s1. The van der Waals surface area contributed by atoms with Crippen molar-refractivity contribution in [3.63, 3.8) is 0 Å².